The van der Waals surface area contributed by atoms with Crippen LogP contribution in [-0.4, -0.2) is 54.5 Å². The van der Waals surface area contributed by atoms with E-state index in [0.29, 0.717) is 23.8 Å². The van der Waals surface area contributed by atoms with Crippen molar-refractivity contribution in [1.29, 1.82) is 0 Å². The van der Waals surface area contributed by atoms with Gasteiger partial charge in [-0.05, 0) is 50.3 Å². The van der Waals surface area contributed by atoms with Crippen LogP contribution in [0, 0.1) is 5.92 Å². The molecular weight excluding hydrogens is 354 g/mol. The summed E-state index contributed by atoms with van der Waals surface area (Å²) in [5.74, 6) is -0.808. The molecule has 7 nitrogen and oxygen atoms in total. The quantitative estimate of drug-likeness (QED) is 0.495. The van der Waals surface area contributed by atoms with Crippen LogP contribution >= 0.6 is 12.2 Å². The van der Waals surface area contributed by atoms with Gasteiger partial charge in [-0.1, -0.05) is 6.07 Å². The van der Waals surface area contributed by atoms with E-state index in [1.54, 1.807) is 24.3 Å². The van der Waals surface area contributed by atoms with Crippen molar-refractivity contribution in [1.82, 2.24) is 4.90 Å². The molecule has 1 aromatic carbocycles. The van der Waals surface area contributed by atoms with Gasteiger partial charge in [-0.2, -0.15) is 4.99 Å². The predicted octanol–water partition coefficient (Wildman–Crippen LogP) is 2.99. The van der Waals surface area contributed by atoms with Crippen LogP contribution in [0.1, 0.15) is 19.3 Å². The monoisotopic (exact) mass is 375 g/mol. The van der Waals surface area contributed by atoms with Crippen LogP contribution in [0.15, 0.2) is 29.3 Å². The summed E-state index contributed by atoms with van der Waals surface area (Å²) >= 11 is 4.58. The third-order valence-corrected chi connectivity index (χ3v) is 5.30. The fourth-order valence-electron chi connectivity index (χ4n) is 3.98. The molecule has 0 saturated carbocycles. The summed E-state index contributed by atoms with van der Waals surface area (Å²) < 4.78 is 10.6. The standard InChI is InChI=1S/C18H21N3O4S/c1-21-13-6-7-14(21)16(17(22)24-2)15(9-13)25-18(23)20-12-5-3-4-11(8-12)19-10-26/h3-5,8,13-16H,6-7,9H2,1-2H3,(H,20,23)/t13-,14+,15-,16+/m1/s1. The van der Waals surface area contributed by atoms with E-state index in [-0.39, 0.29) is 12.0 Å². The predicted molar refractivity (Wildman–Crippen MR) is 99.7 cm³/mol. The summed E-state index contributed by atoms with van der Waals surface area (Å²) in [4.78, 5) is 30.7. The van der Waals surface area contributed by atoms with E-state index in [4.69, 9.17) is 9.47 Å². The largest absolute Gasteiger partial charge is 0.469 e. The first-order valence-electron chi connectivity index (χ1n) is 8.49. The minimum Gasteiger partial charge on any atom is -0.469 e. The second-order valence-corrected chi connectivity index (χ2v) is 6.75. The highest BCUT2D eigenvalue weighted by Crippen LogP contribution is 2.40. The minimum atomic E-state index is -0.601. The van der Waals surface area contributed by atoms with Crippen molar-refractivity contribution in [2.24, 2.45) is 10.9 Å². The molecule has 8 heteroatoms. The summed E-state index contributed by atoms with van der Waals surface area (Å²) in [7, 11) is 3.37. The molecule has 1 N–H and O–H groups in total. The number of ether oxygens (including phenoxy) is 2. The van der Waals surface area contributed by atoms with Gasteiger partial charge in [0.15, 0.2) is 0 Å². The van der Waals surface area contributed by atoms with Crippen LogP contribution in [0.5, 0.6) is 0 Å². The van der Waals surface area contributed by atoms with E-state index in [2.05, 4.69) is 32.6 Å². The molecule has 2 aliphatic heterocycles. The summed E-state index contributed by atoms with van der Waals surface area (Å²) in [6, 6.07) is 7.24. The van der Waals surface area contributed by atoms with E-state index >= 15 is 0 Å². The van der Waals surface area contributed by atoms with Gasteiger partial charge in [0, 0.05) is 24.2 Å². The zero-order chi connectivity index (χ0) is 18.7. The zero-order valence-corrected chi connectivity index (χ0v) is 15.5. The van der Waals surface area contributed by atoms with Gasteiger partial charge < -0.3 is 9.47 Å². The van der Waals surface area contributed by atoms with Gasteiger partial charge in [-0.3, -0.25) is 15.0 Å². The fourth-order valence-corrected chi connectivity index (χ4v) is 4.08. The first kappa shape index (κ1) is 18.5. The second-order valence-electron chi connectivity index (χ2n) is 6.57. The Bertz CT molecular complexity index is 750. The number of hydrogen-bond donors (Lipinski definition) is 1. The smallest absolute Gasteiger partial charge is 0.411 e. The number of esters is 1. The van der Waals surface area contributed by atoms with E-state index in [1.165, 1.54) is 7.11 Å². The number of isothiocyanates is 1. The number of methoxy groups -OCH3 is 1. The van der Waals surface area contributed by atoms with Crippen LogP contribution in [-0.2, 0) is 14.3 Å². The third kappa shape index (κ3) is 3.77. The Labute approximate surface area is 157 Å². The Morgan fingerprint density at radius 2 is 2.19 bits per heavy atom. The Kier molecular flexibility index (Phi) is 5.66. The molecule has 0 aromatic heterocycles. The number of nitrogens with one attached hydrogen (secondary N) is 1. The van der Waals surface area contributed by atoms with Crippen molar-refractivity contribution in [3.8, 4) is 0 Å². The lowest BCUT2D eigenvalue weighted by Gasteiger charge is -2.40. The number of piperidine rings is 1. The molecule has 0 unspecified atom stereocenters. The third-order valence-electron chi connectivity index (χ3n) is 5.21. The summed E-state index contributed by atoms with van der Waals surface area (Å²) in [6.45, 7) is 0. The molecule has 0 radical (unpaired) electrons. The Morgan fingerprint density at radius 1 is 1.38 bits per heavy atom. The molecule has 138 valence electrons. The van der Waals surface area contributed by atoms with Crippen molar-refractivity contribution in [2.45, 2.75) is 37.5 Å². The number of anilines is 1. The Morgan fingerprint density at radius 3 is 2.92 bits per heavy atom. The van der Waals surface area contributed by atoms with E-state index in [1.807, 2.05) is 7.05 Å². The molecule has 3 rings (SSSR count). The van der Waals surface area contributed by atoms with Gasteiger partial charge in [0.2, 0.25) is 0 Å². The number of rotatable bonds is 4. The SMILES string of the molecule is COC(=O)[C@@H]1[C@H](OC(=O)Nc2cccc(N=C=S)c2)C[C@H]2CC[C@@H]1N2C. The number of aliphatic imine (C=N–C) groups is 1. The van der Waals surface area contributed by atoms with Crippen LogP contribution in [0.2, 0.25) is 0 Å². The Hall–Kier alpha value is -2.28. The van der Waals surface area contributed by atoms with Crippen LogP contribution in [0.4, 0.5) is 16.2 Å². The molecule has 0 aliphatic carbocycles. The average molecular weight is 375 g/mol. The van der Waals surface area contributed by atoms with Gasteiger partial charge in [0.25, 0.3) is 0 Å². The highest BCUT2D eigenvalue weighted by molar-refractivity contribution is 7.78. The number of amides is 1. The van der Waals surface area contributed by atoms with Gasteiger partial charge in [0.1, 0.15) is 12.0 Å². The molecule has 2 fully saturated rings. The fraction of sp³-hybridized carbons (Fsp3) is 0.500. The van der Waals surface area contributed by atoms with Crippen molar-refractivity contribution in [2.75, 3.05) is 19.5 Å². The average Bonchev–Trinajstić information content (AvgIpc) is 2.85. The summed E-state index contributed by atoms with van der Waals surface area (Å²) in [5.41, 5.74) is 1.12. The maximum absolute atomic E-state index is 12.4. The van der Waals surface area contributed by atoms with E-state index in [9.17, 15) is 9.59 Å². The molecular formula is C18H21N3O4S. The highest BCUT2D eigenvalue weighted by Gasteiger charge is 2.50. The first-order valence-corrected chi connectivity index (χ1v) is 8.89. The van der Waals surface area contributed by atoms with Gasteiger partial charge in [-0.25, -0.2) is 4.79 Å². The van der Waals surface area contributed by atoms with E-state index in [0.717, 1.165) is 12.8 Å². The van der Waals surface area contributed by atoms with Crippen LogP contribution < -0.4 is 5.32 Å². The van der Waals surface area contributed by atoms with Crippen molar-refractivity contribution in [3.63, 3.8) is 0 Å². The topological polar surface area (TPSA) is 80.2 Å². The second kappa shape index (κ2) is 7.95. The lowest BCUT2D eigenvalue weighted by atomic mass is 9.87. The van der Waals surface area contributed by atoms with Gasteiger partial charge >= 0.3 is 12.1 Å². The van der Waals surface area contributed by atoms with Crippen LogP contribution in [0.25, 0.3) is 0 Å². The van der Waals surface area contributed by atoms with Gasteiger partial charge in [0.05, 0.1) is 18.0 Å². The maximum atomic E-state index is 12.4. The molecule has 4 atom stereocenters. The lowest BCUT2D eigenvalue weighted by molar-refractivity contribution is -0.155. The molecule has 2 bridgehead atoms. The normalized spacial score (nSPS) is 27.3. The molecule has 0 spiro atoms. The summed E-state index contributed by atoms with van der Waals surface area (Å²) in [6.07, 6.45) is 1.41. The number of carbonyl (C=O) groups is 2. The zero-order valence-electron chi connectivity index (χ0n) is 14.7. The number of nitrogens with zero attached hydrogens (tertiary/aromatic N) is 2. The minimum absolute atomic E-state index is 0.0410. The van der Waals surface area contributed by atoms with E-state index < -0.39 is 18.1 Å². The number of benzene rings is 1. The van der Waals surface area contributed by atoms with Crippen molar-refractivity contribution >= 4 is 40.8 Å². The molecule has 2 saturated heterocycles. The highest BCUT2D eigenvalue weighted by atomic mass is 32.1. The molecule has 2 heterocycles. The number of hydrogen-bond acceptors (Lipinski definition) is 7. The first-order chi connectivity index (χ1) is 12.5. The maximum Gasteiger partial charge on any atom is 0.411 e. The molecule has 26 heavy (non-hydrogen) atoms. The Balaban J connectivity index is 1.70. The van der Waals surface area contributed by atoms with Crippen LogP contribution in [0.3, 0.4) is 0 Å². The number of carbonyl (C=O) groups excluding carboxylic acids is 2. The van der Waals surface area contributed by atoms with Crippen molar-refractivity contribution < 1.29 is 19.1 Å². The number of fused-ring (bicyclic) bond motifs is 2. The summed E-state index contributed by atoms with van der Waals surface area (Å²) in [5, 5.41) is 4.96. The molecule has 2 aliphatic rings. The molecule has 1 amide bonds. The lowest BCUT2D eigenvalue weighted by Crippen LogP contribution is -2.53. The number of thiocarbonyl (C=S) groups is 1. The van der Waals surface area contributed by atoms with Gasteiger partial charge in [-0.15, -0.1) is 0 Å². The molecule has 1 aromatic rings. The van der Waals surface area contributed by atoms with Crippen molar-refractivity contribution in [3.05, 3.63) is 24.3 Å².